The van der Waals surface area contributed by atoms with Crippen molar-refractivity contribution >= 4 is 21.7 Å². The number of nitrogens with two attached hydrogens (primary N) is 1. The minimum absolute atomic E-state index is 0.201. The number of hydrogen-bond donors (Lipinski definition) is 1. The van der Waals surface area contributed by atoms with E-state index in [2.05, 4.69) is 25.9 Å². The molecule has 0 aromatic carbocycles. The van der Waals surface area contributed by atoms with Crippen molar-refractivity contribution in [3.8, 4) is 0 Å². The zero-order valence-corrected chi connectivity index (χ0v) is 9.95. The third kappa shape index (κ3) is 2.27. The lowest BCUT2D eigenvalue weighted by molar-refractivity contribution is -0.0935. The molecule has 1 aromatic rings. The van der Waals surface area contributed by atoms with Gasteiger partial charge in [-0.2, -0.15) is 0 Å². The normalized spacial score (nSPS) is 21.6. The van der Waals surface area contributed by atoms with E-state index in [1.165, 1.54) is 0 Å². The summed E-state index contributed by atoms with van der Waals surface area (Å²) in [7, 11) is 0. The van der Waals surface area contributed by atoms with Gasteiger partial charge in [0.15, 0.2) is 5.82 Å². The summed E-state index contributed by atoms with van der Waals surface area (Å²) in [6.07, 6.45) is -0.201. The highest BCUT2D eigenvalue weighted by Crippen LogP contribution is 2.24. The van der Waals surface area contributed by atoms with Gasteiger partial charge in [0.25, 0.3) is 0 Å². The fraction of sp³-hybridized carbons (Fsp3) is 0.556. The number of aromatic nitrogens is 2. The first-order chi connectivity index (χ1) is 7.18. The van der Waals surface area contributed by atoms with Crippen molar-refractivity contribution in [1.29, 1.82) is 0 Å². The van der Waals surface area contributed by atoms with Gasteiger partial charge in [-0.3, -0.25) is 0 Å². The van der Waals surface area contributed by atoms with E-state index in [4.69, 9.17) is 15.2 Å². The lowest BCUT2D eigenvalue weighted by atomic mass is 10.3. The lowest BCUT2D eigenvalue weighted by Crippen LogP contribution is -2.24. The van der Waals surface area contributed by atoms with Gasteiger partial charge < -0.3 is 15.2 Å². The molecule has 2 rings (SSSR count). The predicted molar refractivity (Wildman–Crippen MR) is 58.4 cm³/mol. The van der Waals surface area contributed by atoms with Crippen molar-refractivity contribution in [2.75, 3.05) is 25.6 Å². The van der Waals surface area contributed by atoms with E-state index in [-0.39, 0.29) is 6.10 Å². The van der Waals surface area contributed by atoms with Crippen LogP contribution in [0.25, 0.3) is 0 Å². The number of nitrogen functional groups attached to an aromatic ring is 1. The average Bonchev–Trinajstić information content (AvgIpc) is 2.26. The van der Waals surface area contributed by atoms with Gasteiger partial charge in [0, 0.05) is 0 Å². The number of hydrogen-bond acceptors (Lipinski definition) is 5. The Bertz CT molecular complexity index is 343. The molecule has 1 aliphatic heterocycles. The van der Waals surface area contributed by atoms with E-state index < -0.39 is 0 Å². The van der Waals surface area contributed by atoms with Crippen LogP contribution in [0, 0.1) is 6.92 Å². The fourth-order valence-corrected chi connectivity index (χ4v) is 1.56. The number of nitrogens with zero attached hydrogens (tertiary/aromatic N) is 2. The minimum atomic E-state index is -0.201. The second-order valence-corrected chi connectivity index (χ2v) is 4.09. The van der Waals surface area contributed by atoms with Crippen LogP contribution in [-0.2, 0) is 9.47 Å². The standard InChI is InChI=1S/C9H12BrN3O2/c1-5-7(10)8(11)13-9(12-5)6-4-14-2-3-15-6/h6H,2-4H2,1H3,(H2,11,12,13). The van der Waals surface area contributed by atoms with Crippen LogP contribution in [0.3, 0.4) is 0 Å². The van der Waals surface area contributed by atoms with Gasteiger partial charge in [-0.1, -0.05) is 0 Å². The molecule has 2 heterocycles. The molecule has 1 unspecified atom stereocenters. The Morgan fingerprint density at radius 2 is 2.20 bits per heavy atom. The predicted octanol–water partition coefficient (Wildman–Crippen LogP) is 1.22. The third-order valence-corrected chi connectivity index (χ3v) is 3.14. The van der Waals surface area contributed by atoms with Crippen molar-refractivity contribution in [3.05, 3.63) is 16.0 Å². The average molecular weight is 274 g/mol. The Balaban J connectivity index is 2.27. The first-order valence-electron chi connectivity index (χ1n) is 4.67. The second kappa shape index (κ2) is 4.42. The number of ether oxygens (including phenoxy) is 2. The van der Waals surface area contributed by atoms with E-state index in [9.17, 15) is 0 Å². The van der Waals surface area contributed by atoms with Crippen molar-refractivity contribution in [1.82, 2.24) is 9.97 Å². The van der Waals surface area contributed by atoms with Gasteiger partial charge in [-0.25, -0.2) is 9.97 Å². The molecule has 0 bridgehead atoms. The molecule has 5 nitrogen and oxygen atoms in total. The summed E-state index contributed by atoms with van der Waals surface area (Å²) in [6.45, 7) is 3.56. The largest absolute Gasteiger partial charge is 0.383 e. The van der Waals surface area contributed by atoms with Crippen LogP contribution in [0.1, 0.15) is 17.6 Å². The monoisotopic (exact) mass is 273 g/mol. The first-order valence-corrected chi connectivity index (χ1v) is 5.46. The molecule has 15 heavy (non-hydrogen) atoms. The summed E-state index contributed by atoms with van der Waals surface area (Å²) < 4.78 is 11.5. The molecule has 0 aliphatic carbocycles. The van der Waals surface area contributed by atoms with Gasteiger partial charge in [0.05, 0.1) is 30.0 Å². The SMILES string of the molecule is Cc1nc(C2COCCO2)nc(N)c1Br. The van der Waals surface area contributed by atoms with Crippen LogP contribution in [0.4, 0.5) is 5.82 Å². The second-order valence-electron chi connectivity index (χ2n) is 3.30. The van der Waals surface area contributed by atoms with Crippen LogP contribution >= 0.6 is 15.9 Å². The summed E-state index contributed by atoms with van der Waals surface area (Å²) in [5.41, 5.74) is 6.55. The van der Waals surface area contributed by atoms with Gasteiger partial charge in [-0.15, -0.1) is 0 Å². The molecule has 1 fully saturated rings. The molecule has 1 aromatic heterocycles. The van der Waals surface area contributed by atoms with Gasteiger partial charge in [-0.05, 0) is 22.9 Å². The summed E-state index contributed by atoms with van der Waals surface area (Å²) in [5, 5.41) is 0. The van der Waals surface area contributed by atoms with Gasteiger partial charge in [0.2, 0.25) is 0 Å². The molecule has 82 valence electrons. The molecule has 1 saturated heterocycles. The van der Waals surface area contributed by atoms with Crippen molar-refractivity contribution in [3.63, 3.8) is 0 Å². The fourth-order valence-electron chi connectivity index (χ4n) is 1.38. The zero-order valence-electron chi connectivity index (χ0n) is 8.36. The first kappa shape index (κ1) is 10.8. The molecule has 0 radical (unpaired) electrons. The summed E-state index contributed by atoms with van der Waals surface area (Å²) in [4.78, 5) is 8.49. The molecular formula is C9H12BrN3O2. The summed E-state index contributed by atoms with van der Waals surface area (Å²) >= 11 is 3.32. The van der Waals surface area contributed by atoms with Crippen LogP contribution in [-0.4, -0.2) is 29.8 Å². The summed E-state index contributed by atoms with van der Waals surface area (Å²) in [5.74, 6) is 1.03. The Hall–Kier alpha value is -0.720. The number of anilines is 1. The quantitative estimate of drug-likeness (QED) is 0.833. The van der Waals surface area contributed by atoms with Crippen LogP contribution in [0.2, 0.25) is 0 Å². The number of aryl methyl sites for hydroxylation is 1. The molecule has 2 N–H and O–H groups in total. The zero-order chi connectivity index (χ0) is 10.8. The maximum atomic E-state index is 5.73. The lowest BCUT2D eigenvalue weighted by Gasteiger charge is -2.22. The van der Waals surface area contributed by atoms with Crippen LogP contribution in [0.5, 0.6) is 0 Å². The van der Waals surface area contributed by atoms with E-state index in [1.54, 1.807) is 0 Å². The molecule has 1 aliphatic rings. The highest BCUT2D eigenvalue weighted by atomic mass is 79.9. The Morgan fingerprint density at radius 1 is 1.40 bits per heavy atom. The van der Waals surface area contributed by atoms with E-state index in [0.29, 0.717) is 31.5 Å². The smallest absolute Gasteiger partial charge is 0.162 e. The Labute approximate surface area is 96.1 Å². The van der Waals surface area contributed by atoms with Crippen molar-refractivity contribution in [2.45, 2.75) is 13.0 Å². The minimum Gasteiger partial charge on any atom is -0.383 e. The van der Waals surface area contributed by atoms with Crippen LogP contribution < -0.4 is 5.73 Å². The third-order valence-electron chi connectivity index (χ3n) is 2.16. The highest BCUT2D eigenvalue weighted by Gasteiger charge is 2.21. The number of halogens is 1. The Morgan fingerprint density at radius 3 is 2.80 bits per heavy atom. The van der Waals surface area contributed by atoms with Gasteiger partial charge in [0.1, 0.15) is 11.9 Å². The van der Waals surface area contributed by atoms with Crippen molar-refractivity contribution in [2.24, 2.45) is 0 Å². The molecule has 1 atom stereocenters. The van der Waals surface area contributed by atoms with E-state index >= 15 is 0 Å². The maximum absolute atomic E-state index is 5.73. The van der Waals surface area contributed by atoms with Gasteiger partial charge >= 0.3 is 0 Å². The molecule has 0 saturated carbocycles. The van der Waals surface area contributed by atoms with Crippen molar-refractivity contribution < 1.29 is 9.47 Å². The van der Waals surface area contributed by atoms with Crippen LogP contribution in [0.15, 0.2) is 4.47 Å². The van der Waals surface area contributed by atoms with E-state index in [1.807, 2.05) is 6.92 Å². The number of rotatable bonds is 1. The van der Waals surface area contributed by atoms with E-state index in [0.717, 1.165) is 10.2 Å². The summed E-state index contributed by atoms with van der Waals surface area (Å²) in [6, 6.07) is 0. The maximum Gasteiger partial charge on any atom is 0.162 e. The highest BCUT2D eigenvalue weighted by molar-refractivity contribution is 9.10. The molecule has 0 amide bonds. The Kier molecular flexibility index (Phi) is 3.18. The molecule has 6 heteroatoms. The molecular weight excluding hydrogens is 262 g/mol. The molecule has 0 spiro atoms. The topological polar surface area (TPSA) is 70.3 Å².